The maximum absolute atomic E-state index is 9.38. The number of rotatable bonds is 1. The average molecular weight is 220 g/mol. The number of aliphatic hydroxyl groups excluding tert-OH is 1. The Bertz CT molecular complexity index is 408. The first kappa shape index (κ1) is 9.78. The average Bonchev–Trinajstić information content (AvgIpc) is 2.71. The molecule has 1 saturated heterocycles. The van der Waals surface area contributed by atoms with Crippen LogP contribution in [0, 0.1) is 0 Å². The van der Waals surface area contributed by atoms with Crippen molar-refractivity contribution in [2.75, 3.05) is 23.8 Å². The van der Waals surface area contributed by atoms with Crippen molar-refractivity contribution in [2.45, 2.75) is 24.9 Å². The number of hydrogen-bond donors (Lipinski definition) is 2. The molecule has 86 valence electrons. The first-order chi connectivity index (χ1) is 7.79. The van der Waals surface area contributed by atoms with Crippen molar-refractivity contribution >= 4 is 11.4 Å². The molecule has 2 heterocycles. The van der Waals surface area contributed by atoms with E-state index < -0.39 is 0 Å². The second-order valence-electron chi connectivity index (χ2n) is 4.51. The molecule has 3 N–H and O–H groups in total. The molecule has 4 nitrogen and oxygen atoms in total. The van der Waals surface area contributed by atoms with Gasteiger partial charge in [-0.05, 0) is 25.0 Å². The zero-order valence-corrected chi connectivity index (χ0v) is 9.10. The molecule has 1 fully saturated rings. The third kappa shape index (κ3) is 1.33. The Kier molecular flexibility index (Phi) is 2.17. The molecule has 3 rings (SSSR count). The lowest BCUT2D eigenvalue weighted by Crippen LogP contribution is -2.44. The Morgan fingerprint density at radius 1 is 1.44 bits per heavy atom. The fraction of sp³-hybridized carbons (Fsp3) is 0.500. The molecule has 0 radical (unpaired) electrons. The van der Waals surface area contributed by atoms with Gasteiger partial charge in [0.1, 0.15) is 12.4 Å². The summed E-state index contributed by atoms with van der Waals surface area (Å²) >= 11 is 0. The van der Waals surface area contributed by atoms with Crippen LogP contribution in [0.3, 0.4) is 0 Å². The van der Waals surface area contributed by atoms with Crippen LogP contribution in [-0.2, 0) is 0 Å². The van der Waals surface area contributed by atoms with Crippen molar-refractivity contribution in [3.8, 4) is 5.75 Å². The lowest BCUT2D eigenvalue weighted by molar-refractivity contribution is 0.243. The summed E-state index contributed by atoms with van der Waals surface area (Å²) in [7, 11) is 0. The fourth-order valence-corrected chi connectivity index (χ4v) is 2.74. The monoisotopic (exact) mass is 220 g/mol. The van der Waals surface area contributed by atoms with E-state index in [9.17, 15) is 5.11 Å². The molecule has 2 atom stereocenters. The van der Waals surface area contributed by atoms with E-state index in [-0.39, 0.29) is 12.6 Å². The van der Waals surface area contributed by atoms with Crippen molar-refractivity contribution in [3.63, 3.8) is 0 Å². The Morgan fingerprint density at radius 3 is 3.12 bits per heavy atom. The highest BCUT2D eigenvalue weighted by Gasteiger charge is 2.37. The van der Waals surface area contributed by atoms with E-state index >= 15 is 0 Å². The molecule has 2 aliphatic heterocycles. The first-order valence-electron chi connectivity index (χ1n) is 5.71. The Labute approximate surface area is 94.6 Å². The van der Waals surface area contributed by atoms with E-state index in [1.807, 2.05) is 18.2 Å². The summed E-state index contributed by atoms with van der Waals surface area (Å²) in [5.74, 6) is 0.844. The van der Waals surface area contributed by atoms with Gasteiger partial charge in [0.25, 0.3) is 0 Å². The highest BCUT2D eigenvalue weighted by molar-refractivity contribution is 5.66. The minimum atomic E-state index is 0.209. The molecule has 4 heteroatoms. The molecule has 0 saturated carbocycles. The molecule has 0 aliphatic carbocycles. The van der Waals surface area contributed by atoms with Crippen molar-refractivity contribution in [1.29, 1.82) is 0 Å². The lowest BCUT2D eigenvalue weighted by Gasteiger charge is -2.37. The second-order valence-corrected chi connectivity index (χ2v) is 4.51. The minimum Gasteiger partial charge on any atom is -0.489 e. The number of nitrogens with zero attached hydrogens (tertiary/aromatic N) is 1. The lowest BCUT2D eigenvalue weighted by atomic mass is 10.1. The molecule has 1 aromatic carbocycles. The topological polar surface area (TPSA) is 58.7 Å². The van der Waals surface area contributed by atoms with Crippen LogP contribution >= 0.6 is 0 Å². The quantitative estimate of drug-likeness (QED) is 0.693. The standard InChI is InChI=1S/C12H16N2O2/c13-8-1-4-11-12(5-8)16-7-10-3-2-9(6-15)14(10)11/h1,4-5,9-10,15H,2-3,6-7,13H2. The van der Waals surface area contributed by atoms with Crippen LogP contribution in [0.1, 0.15) is 12.8 Å². The van der Waals surface area contributed by atoms with Crippen LogP contribution < -0.4 is 15.4 Å². The predicted molar refractivity (Wildman–Crippen MR) is 62.7 cm³/mol. The molecule has 16 heavy (non-hydrogen) atoms. The number of nitrogen functional groups attached to an aromatic ring is 1. The van der Waals surface area contributed by atoms with Gasteiger partial charge in [-0.1, -0.05) is 0 Å². The summed E-state index contributed by atoms with van der Waals surface area (Å²) in [6.07, 6.45) is 2.13. The summed E-state index contributed by atoms with van der Waals surface area (Å²) in [6, 6.07) is 6.38. The van der Waals surface area contributed by atoms with Gasteiger partial charge in [0.05, 0.1) is 24.4 Å². The maximum atomic E-state index is 9.38. The Hall–Kier alpha value is -1.42. The smallest absolute Gasteiger partial charge is 0.144 e. The maximum Gasteiger partial charge on any atom is 0.144 e. The van der Waals surface area contributed by atoms with E-state index in [1.54, 1.807) is 0 Å². The number of hydrogen-bond acceptors (Lipinski definition) is 4. The largest absolute Gasteiger partial charge is 0.489 e. The van der Waals surface area contributed by atoms with Crippen LogP contribution in [0.25, 0.3) is 0 Å². The predicted octanol–water partition coefficient (Wildman–Crippen LogP) is 0.991. The van der Waals surface area contributed by atoms with Crippen molar-refractivity contribution in [1.82, 2.24) is 0 Å². The third-order valence-corrected chi connectivity index (χ3v) is 3.52. The SMILES string of the molecule is Nc1ccc2c(c1)OCC1CCC(CO)N21. The molecule has 0 amide bonds. The van der Waals surface area contributed by atoms with E-state index in [4.69, 9.17) is 10.5 Å². The van der Waals surface area contributed by atoms with Crippen molar-refractivity contribution < 1.29 is 9.84 Å². The van der Waals surface area contributed by atoms with Gasteiger partial charge in [-0.15, -0.1) is 0 Å². The van der Waals surface area contributed by atoms with Crippen LogP contribution in [0.4, 0.5) is 11.4 Å². The summed E-state index contributed by atoms with van der Waals surface area (Å²) in [6.45, 7) is 0.910. The van der Waals surface area contributed by atoms with E-state index in [1.165, 1.54) is 0 Å². The number of ether oxygens (including phenoxy) is 1. The van der Waals surface area contributed by atoms with E-state index in [0.29, 0.717) is 12.6 Å². The Balaban J connectivity index is 2.02. The minimum absolute atomic E-state index is 0.209. The number of anilines is 2. The van der Waals surface area contributed by atoms with Gasteiger partial charge < -0.3 is 20.5 Å². The highest BCUT2D eigenvalue weighted by atomic mass is 16.5. The molecule has 0 spiro atoms. The van der Waals surface area contributed by atoms with Gasteiger partial charge in [-0.2, -0.15) is 0 Å². The summed E-state index contributed by atoms with van der Waals surface area (Å²) in [5, 5.41) is 9.38. The number of fused-ring (bicyclic) bond motifs is 3. The van der Waals surface area contributed by atoms with Crippen molar-refractivity contribution in [2.24, 2.45) is 0 Å². The van der Waals surface area contributed by atoms with Gasteiger partial charge in [-0.25, -0.2) is 0 Å². The van der Waals surface area contributed by atoms with Crippen LogP contribution in [0.15, 0.2) is 18.2 Å². The molecule has 0 bridgehead atoms. The molecular weight excluding hydrogens is 204 g/mol. The molecule has 2 unspecified atom stereocenters. The number of benzene rings is 1. The van der Waals surface area contributed by atoms with Crippen LogP contribution in [0.2, 0.25) is 0 Å². The van der Waals surface area contributed by atoms with Gasteiger partial charge >= 0.3 is 0 Å². The van der Waals surface area contributed by atoms with Gasteiger partial charge in [0.15, 0.2) is 0 Å². The molecule has 0 aromatic heterocycles. The summed E-state index contributed by atoms with van der Waals surface area (Å²) < 4.78 is 5.71. The number of aliphatic hydroxyl groups is 1. The highest BCUT2D eigenvalue weighted by Crippen LogP contribution is 2.41. The normalized spacial score (nSPS) is 27.2. The van der Waals surface area contributed by atoms with E-state index in [0.717, 1.165) is 30.0 Å². The first-order valence-corrected chi connectivity index (χ1v) is 5.71. The zero-order chi connectivity index (χ0) is 11.1. The second kappa shape index (κ2) is 3.56. The fourth-order valence-electron chi connectivity index (χ4n) is 2.74. The number of nitrogens with two attached hydrogens (primary N) is 1. The molecule has 1 aromatic rings. The van der Waals surface area contributed by atoms with Gasteiger partial charge in [-0.3, -0.25) is 0 Å². The van der Waals surface area contributed by atoms with Gasteiger partial charge in [0, 0.05) is 11.8 Å². The van der Waals surface area contributed by atoms with Crippen molar-refractivity contribution in [3.05, 3.63) is 18.2 Å². The van der Waals surface area contributed by atoms with Crippen LogP contribution in [-0.4, -0.2) is 30.4 Å². The van der Waals surface area contributed by atoms with Crippen LogP contribution in [0.5, 0.6) is 5.75 Å². The molecular formula is C12H16N2O2. The summed E-state index contributed by atoms with van der Waals surface area (Å²) in [5.41, 5.74) is 7.53. The van der Waals surface area contributed by atoms with Gasteiger partial charge in [0.2, 0.25) is 0 Å². The Morgan fingerprint density at radius 2 is 2.31 bits per heavy atom. The van der Waals surface area contributed by atoms with E-state index in [2.05, 4.69) is 4.90 Å². The summed E-state index contributed by atoms with van der Waals surface area (Å²) in [4.78, 5) is 2.29. The zero-order valence-electron chi connectivity index (χ0n) is 9.10. The molecule has 2 aliphatic rings. The third-order valence-electron chi connectivity index (χ3n) is 3.52.